The quantitative estimate of drug-likeness (QED) is 0.843. The third kappa shape index (κ3) is 1.25. The van der Waals surface area contributed by atoms with E-state index in [1.54, 1.807) is 12.1 Å². The molecule has 0 spiro atoms. The maximum atomic E-state index is 11.0. The average Bonchev–Trinajstić information content (AvgIpc) is 2.97. The number of fused-ring (bicyclic) bond motifs is 3. The number of hydrogen-bond acceptors (Lipinski definition) is 2. The second-order valence-electron chi connectivity index (χ2n) is 4.14. The van der Waals surface area contributed by atoms with E-state index in [1.165, 1.54) is 0 Å². The Morgan fingerprint density at radius 3 is 2.75 bits per heavy atom. The Balaban J connectivity index is 2.10. The van der Waals surface area contributed by atoms with E-state index in [1.807, 2.05) is 0 Å². The van der Waals surface area contributed by atoms with Crippen molar-refractivity contribution in [2.45, 2.75) is 5.92 Å². The van der Waals surface area contributed by atoms with E-state index in [4.69, 9.17) is 33.0 Å². The summed E-state index contributed by atoms with van der Waals surface area (Å²) >= 11 is 12.1. The molecule has 1 aromatic carbocycles. The van der Waals surface area contributed by atoms with Gasteiger partial charge in [0.1, 0.15) is 5.75 Å². The number of carboxylic acids is 1. The second-order valence-corrected chi connectivity index (χ2v) is 4.95. The standard InChI is InChI=1S/C11H8Cl2O3/c12-5-1-2-6(13)10-9(5)7-4(3-16-10)8(7)11(14)15/h1-2,4,7-8H,3H2,(H,14,15)/t4-,7?,8-/m1/s1. The van der Waals surface area contributed by atoms with E-state index in [0.717, 1.165) is 5.56 Å². The molecule has 1 aromatic rings. The fourth-order valence-electron chi connectivity index (χ4n) is 2.50. The largest absolute Gasteiger partial charge is 0.491 e. The molecule has 3 nitrogen and oxygen atoms in total. The van der Waals surface area contributed by atoms with Crippen molar-refractivity contribution < 1.29 is 14.6 Å². The van der Waals surface area contributed by atoms with Crippen LogP contribution < -0.4 is 4.74 Å². The van der Waals surface area contributed by atoms with Crippen LogP contribution in [0.2, 0.25) is 10.0 Å². The third-order valence-corrected chi connectivity index (χ3v) is 3.93. The van der Waals surface area contributed by atoms with Crippen LogP contribution in [0.1, 0.15) is 11.5 Å². The molecule has 1 aliphatic heterocycles. The third-order valence-electron chi connectivity index (χ3n) is 3.30. The normalized spacial score (nSPS) is 30.0. The van der Waals surface area contributed by atoms with Gasteiger partial charge in [-0.05, 0) is 12.1 Å². The number of rotatable bonds is 1. The van der Waals surface area contributed by atoms with Crippen LogP contribution in [0.3, 0.4) is 0 Å². The SMILES string of the molecule is O=C(O)[C@H]1C2c3c(Cl)ccc(Cl)c3OC[C@H]21. The number of carboxylic acid groups (broad SMARTS) is 1. The minimum atomic E-state index is -0.789. The Labute approximate surface area is 102 Å². The van der Waals surface area contributed by atoms with Crippen LogP contribution in [0.5, 0.6) is 5.75 Å². The van der Waals surface area contributed by atoms with Gasteiger partial charge in [-0.3, -0.25) is 4.79 Å². The van der Waals surface area contributed by atoms with E-state index in [2.05, 4.69) is 0 Å². The summed E-state index contributed by atoms with van der Waals surface area (Å²) in [6.45, 7) is 0.411. The van der Waals surface area contributed by atoms with Crippen molar-refractivity contribution in [2.75, 3.05) is 6.61 Å². The van der Waals surface area contributed by atoms with E-state index >= 15 is 0 Å². The lowest BCUT2D eigenvalue weighted by Gasteiger charge is -2.18. The number of hydrogen-bond donors (Lipinski definition) is 1. The lowest BCUT2D eigenvalue weighted by atomic mass is 10.1. The fraction of sp³-hybridized carbons (Fsp3) is 0.364. The molecule has 1 unspecified atom stereocenters. The molecule has 1 N–H and O–H groups in total. The second kappa shape index (κ2) is 3.28. The van der Waals surface area contributed by atoms with E-state index in [0.29, 0.717) is 22.4 Å². The van der Waals surface area contributed by atoms with Crippen molar-refractivity contribution in [1.82, 2.24) is 0 Å². The summed E-state index contributed by atoms with van der Waals surface area (Å²) in [5, 5.41) is 10.1. The summed E-state index contributed by atoms with van der Waals surface area (Å²) in [7, 11) is 0. The van der Waals surface area contributed by atoms with Crippen LogP contribution in [0.15, 0.2) is 12.1 Å². The predicted octanol–water partition coefficient (Wildman–Crippen LogP) is 2.80. The summed E-state index contributed by atoms with van der Waals surface area (Å²) < 4.78 is 5.49. The van der Waals surface area contributed by atoms with Crippen molar-refractivity contribution in [3.63, 3.8) is 0 Å². The maximum absolute atomic E-state index is 11.0. The fourth-order valence-corrected chi connectivity index (χ4v) is 2.99. The first kappa shape index (κ1) is 10.2. The number of carbonyl (C=O) groups is 1. The first-order valence-corrected chi connectivity index (χ1v) is 5.70. The molecule has 0 saturated heterocycles. The number of benzene rings is 1. The van der Waals surface area contributed by atoms with E-state index in [-0.39, 0.29) is 17.8 Å². The van der Waals surface area contributed by atoms with Crippen LogP contribution in [-0.4, -0.2) is 17.7 Å². The Bertz CT molecular complexity index is 486. The smallest absolute Gasteiger partial charge is 0.307 e. The van der Waals surface area contributed by atoms with Crippen LogP contribution >= 0.6 is 23.2 Å². The van der Waals surface area contributed by atoms with Gasteiger partial charge in [0, 0.05) is 22.4 Å². The highest BCUT2D eigenvalue weighted by Crippen LogP contribution is 2.61. The Morgan fingerprint density at radius 2 is 2.06 bits per heavy atom. The molecule has 0 radical (unpaired) electrons. The first-order chi connectivity index (χ1) is 7.61. The molecular weight excluding hydrogens is 251 g/mol. The van der Waals surface area contributed by atoms with Crippen molar-refractivity contribution in [1.29, 1.82) is 0 Å². The molecular formula is C11H8Cl2O3. The summed E-state index contributed by atoms with van der Waals surface area (Å²) in [5.41, 5.74) is 0.762. The molecule has 84 valence electrons. The zero-order valence-electron chi connectivity index (χ0n) is 8.11. The van der Waals surface area contributed by atoms with Crippen molar-refractivity contribution in [3.05, 3.63) is 27.7 Å². The van der Waals surface area contributed by atoms with Gasteiger partial charge in [0.05, 0.1) is 17.5 Å². The van der Waals surface area contributed by atoms with Crippen LogP contribution in [0.25, 0.3) is 0 Å². The van der Waals surface area contributed by atoms with Gasteiger partial charge >= 0.3 is 5.97 Å². The van der Waals surface area contributed by atoms with Crippen molar-refractivity contribution in [3.8, 4) is 5.75 Å². The van der Waals surface area contributed by atoms with Crippen LogP contribution in [0, 0.1) is 11.8 Å². The summed E-state index contributed by atoms with van der Waals surface area (Å²) in [5.74, 6) is -0.604. The van der Waals surface area contributed by atoms with E-state index in [9.17, 15) is 4.79 Å². The summed E-state index contributed by atoms with van der Waals surface area (Å²) in [6.07, 6.45) is 0. The molecule has 0 amide bonds. The zero-order chi connectivity index (χ0) is 11.4. The van der Waals surface area contributed by atoms with Gasteiger partial charge in [0.15, 0.2) is 0 Å². The van der Waals surface area contributed by atoms with Crippen molar-refractivity contribution >= 4 is 29.2 Å². The molecule has 16 heavy (non-hydrogen) atoms. The molecule has 1 fully saturated rings. The molecule has 0 bridgehead atoms. The Kier molecular flexibility index (Phi) is 2.10. The van der Waals surface area contributed by atoms with Gasteiger partial charge in [0.25, 0.3) is 0 Å². The highest BCUT2D eigenvalue weighted by Gasteiger charge is 2.60. The Hall–Kier alpha value is -0.930. The molecule has 1 heterocycles. The summed E-state index contributed by atoms with van der Waals surface area (Å²) in [4.78, 5) is 11.0. The topological polar surface area (TPSA) is 46.5 Å². The average molecular weight is 259 g/mol. The van der Waals surface area contributed by atoms with Crippen molar-refractivity contribution in [2.24, 2.45) is 11.8 Å². The number of aliphatic carboxylic acids is 1. The van der Waals surface area contributed by atoms with Gasteiger partial charge in [0.2, 0.25) is 0 Å². The van der Waals surface area contributed by atoms with Gasteiger partial charge < -0.3 is 9.84 Å². The number of halogens is 2. The van der Waals surface area contributed by atoms with Crippen LogP contribution in [0.4, 0.5) is 0 Å². The highest BCUT2D eigenvalue weighted by atomic mass is 35.5. The zero-order valence-corrected chi connectivity index (χ0v) is 9.63. The molecule has 3 atom stereocenters. The molecule has 5 heteroatoms. The minimum Gasteiger partial charge on any atom is -0.491 e. The minimum absolute atomic E-state index is 0.0348. The molecule has 1 saturated carbocycles. The molecule has 1 aliphatic carbocycles. The lowest BCUT2D eigenvalue weighted by molar-refractivity contribution is -0.139. The van der Waals surface area contributed by atoms with Crippen LogP contribution in [-0.2, 0) is 4.79 Å². The van der Waals surface area contributed by atoms with Gasteiger partial charge in [-0.15, -0.1) is 0 Å². The predicted molar refractivity (Wildman–Crippen MR) is 59.3 cm³/mol. The maximum Gasteiger partial charge on any atom is 0.307 e. The van der Waals surface area contributed by atoms with E-state index < -0.39 is 5.97 Å². The van der Waals surface area contributed by atoms with Gasteiger partial charge in [-0.2, -0.15) is 0 Å². The number of ether oxygens (including phenoxy) is 1. The van der Waals surface area contributed by atoms with Gasteiger partial charge in [-0.1, -0.05) is 23.2 Å². The monoisotopic (exact) mass is 258 g/mol. The highest BCUT2D eigenvalue weighted by molar-refractivity contribution is 6.35. The summed E-state index contributed by atoms with van der Waals surface area (Å²) in [6, 6.07) is 3.35. The lowest BCUT2D eigenvalue weighted by Crippen LogP contribution is -2.09. The molecule has 2 aliphatic rings. The van der Waals surface area contributed by atoms with Gasteiger partial charge in [-0.25, -0.2) is 0 Å². The Morgan fingerprint density at radius 1 is 1.38 bits per heavy atom. The molecule has 3 rings (SSSR count). The molecule has 0 aromatic heterocycles. The first-order valence-electron chi connectivity index (χ1n) is 4.94.